The summed E-state index contributed by atoms with van der Waals surface area (Å²) in [6.07, 6.45) is -1.94. The molecule has 1 aromatic carbocycles. The molecule has 0 spiro atoms. The molecule has 1 aliphatic heterocycles. The van der Waals surface area contributed by atoms with E-state index in [9.17, 15) is 9.59 Å². The first kappa shape index (κ1) is 14.2. The highest BCUT2D eigenvalue weighted by Crippen LogP contribution is 2.34. The van der Waals surface area contributed by atoms with Crippen LogP contribution in [0.4, 0.5) is 16.5 Å². The average Bonchev–Trinajstić information content (AvgIpc) is 2.84. The first-order chi connectivity index (χ1) is 10.5. The lowest BCUT2D eigenvalue weighted by Gasteiger charge is -2.11. The summed E-state index contributed by atoms with van der Waals surface area (Å²) in [6, 6.07) is 5.20. The summed E-state index contributed by atoms with van der Waals surface area (Å²) >= 11 is 1.37. The van der Waals surface area contributed by atoms with Crippen molar-refractivity contribution in [2.75, 3.05) is 16.8 Å². The molecule has 22 heavy (non-hydrogen) atoms. The Morgan fingerprint density at radius 2 is 2.27 bits per heavy atom. The molecule has 2 amide bonds. The zero-order valence-electron chi connectivity index (χ0n) is 11.1. The van der Waals surface area contributed by atoms with Gasteiger partial charge < -0.3 is 25.9 Å². The zero-order valence-corrected chi connectivity index (χ0v) is 11.9. The number of anilines is 2. The number of hydrogen-bond acceptors (Lipinski definition) is 8. The van der Waals surface area contributed by atoms with Crippen LogP contribution in [0, 0.1) is 0 Å². The van der Waals surface area contributed by atoms with Crippen LogP contribution >= 0.6 is 11.8 Å². The fourth-order valence-corrected chi connectivity index (χ4v) is 2.90. The van der Waals surface area contributed by atoms with E-state index in [1.807, 2.05) is 0 Å². The number of nitrogen functional groups attached to an aromatic ring is 1. The lowest BCUT2D eigenvalue weighted by molar-refractivity contribution is -0.123. The fourth-order valence-electron chi connectivity index (χ4n) is 1.92. The van der Waals surface area contributed by atoms with Gasteiger partial charge in [-0.1, -0.05) is 5.10 Å². The van der Waals surface area contributed by atoms with E-state index < -0.39 is 18.1 Å². The summed E-state index contributed by atoms with van der Waals surface area (Å²) in [7, 11) is 0. The topological polar surface area (TPSA) is 146 Å². The van der Waals surface area contributed by atoms with Crippen molar-refractivity contribution in [2.24, 2.45) is 5.73 Å². The maximum absolute atomic E-state index is 12.0. The zero-order chi connectivity index (χ0) is 15.7. The summed E-state index contributed by atoms with van der Waals surface area (Å²) in [4.78, 5) is 23.7. The van der Waals surface area contributed by atoms with E-state index in [4.69, 9.17) is 20.6 Å². The van der Waals surface area contributed by atoms with Gasteiger partial charge in [-0.3, -0.25) is 4.79 Å². The molecule has 1 atom stereocenters. The van der Waals surface area contributed by atoms with Gasteiger partial charge in [-0.2, -0.15) is 0 Å². The molecule has 0 unspecified atom stereocenters. The molecule has 0 bridgehead atoms. The highest BCUT2D eigenvalue weighted by molar-refractivity contribution is 7.99. The minimum atomic E-state index is -0.992. The summed E-state index contributed by atoms with van der Waals surface area (Å²) in [5.74, 6) is 0.0650. The molecule has 9 nitrogen and oxygen atoms in total. The van der Waals surface area contributed by atoms with Crippen molar-refractivity contribution in [3.05, 3.63) is 18.2 Å². The number of thioether (sulfide) groups is 1. The quantitative estimate of drug-likeness (QED) is 0.737. The first-order valence-corrected chi connectivity index (χ1v) is 7.14. The second-order valence-electron chi connectivity index (χ2n) is 4.38. The predicted molar refractivity (Wildman–Crippen MR) is 78.0 cm³/mol. The highest BCUT2D eigenvalue weighted by atomic mass is 32.2. The van der Waals surface area contributed by atoms with Crippen molar-refractivity contribution < 1.29 is 18.7 Å². The van der Waals surface area contributed by atoms with E-state index in [-0.39, 0.29) is 17.7 Å². The number of amides is 2. The second kappa shape index (κ2) is 5.56. The van der Waals surface area contributed by atoms with Gasteiger partial charge in [0.15, 0.2) is 6.10 Å². The molecule has 10 heteroatoms. The van der Waals surface area contributed by atoms with E-state index in [0.29, 0.717) is 11.3 Å². The molecule has 0 saturated heterocycles. The molecule has 5 N–H and O–H groups in total. The number of nitrogens with two attached hydrogens (primary N) is 2. The van der Waals surface area contributed by atoms with Gasteiger partial charge >= 0.3 is 12.1 Å². The van der Waals surface area contributed by atoms with Crippen molar-refractivity contribution >= 4 is 35.5 Å². The summed E-state index contributed by atoms with van der Waals surface area (Å²) in [6.45, 7) is 0. The van der Waals surface area contributed by atoms with Crippen LogP contribution in [-0.4, -0.2) is 34.1 Å². The average molecular weight is 321 g/mol. The smallest absolute Gasteiger partial charge is 0.405 e. The largest absolute Gasteiger partial charge is 0.435 e. The number of benzene rings is 1. The molecule has 2 aromatic rings. The van der Waals surface area contributed by atoms with Crippen LogP contribution in [0.15, 0.2) is 27.5 Å². The van der Waals surface area contributed by atoms with Gasteiger partial charge in [-0.15, -0.1) is 16.9 Å². The number of hydrogen-bond donors (Lipinski definition) is 3. The molecule has 2 heterocycles. The van der Waals surface area contributed by atoms with Crippen LogP contribution in [0.2, 0.25) is 0 Å². The Labute approximate surface area is 128 Å². The minimum Gasteiger partial charge on any atom is -0.435 e. The van der Waals surface area contributed by atoms with E-state index in [2.05, 4.69) is 15.5 Å². The van der Waals surface area contributed by atoms with Crippen LogP contribution in [0.1, 0.15) is 0 Å². The molecule has 0 saturated carbocycles. The first-order valence-electron chi connectivity index (χ1n) is 6.16. The number of carbonyl (C=O) groups is 2. The standard InChI is InChI=1S/C12H11N5O4S/c13-11-17-16-10(21-11)5-1-2-8-6(3-5)15-9(18)7(4-22-8)20-12(14)19/h1-3,7H,4H2,(H2,13,17)(H2,14,19)(H,15,18)/t7-/m0/s1. The van der Waals surface area contributed by atoms with Gasteiger partial charge in [0.2, 0.25) is 5.89 Å². The van der Waals surface area contributed by atoms with Crippen LogP contribution in [-0.2, 0) is 9.53 Å². The van der Waals surface area contributed by atoms with E-state index in [1.54, 1.807) is 18.2 Å². The normalized spacial score (nSPS) is 17.3. The lowest BCUT2D eigenvalue weighted by Crippen LogP contribution is -2.35. The van der Waals surface area contributed by atoms with E-state index in [1.165, 1.54) is 11.8 Å². The van der Waals surface area contributed by atoms with Crippen LogP contribution in [0.5, 0.6) is 0 Å². The minimum absolute atomic E-state index is 0.0433. The van der Waals surface area contributed by atoms with Crippen LogP contribution in [0.3, 0.4) is 0 Å². The molecule has 3 rings (SSSR count). The van der Waals surface area contributed by atoms with Crippen molar-refractivity contribution in [2.45, 2.75) is 11.0 Å². The molecule has 0 aliphatic carbocycles. The van der Waals surface area contributed by atoms with Gasteiger partial charge in [0.25, 0.3) is 5.91 Å². The van der Waals surface area contributed by atoms with Crippen molar-refractivity contribution in [1.82, 2.24) is 10.2 Å². The summed E-state index contributed by atoms with van der Waals surface area (Å²) in [5.41, 5.74) is 11.5. The Bertz CT molecular complexity index is 747. The van der Waals surface area contributed by atoms with Gasteiger partial charge in [0, 0.05) is 16.2 Å². The summed E-state index contributed by atoms with van der Waals surface area (Å²) < 4.78 is 9.92. The number of aromatic nitrogens is 2. The van der Waals surface area contributed by atoms with Gasteiger partial charge in [-0.25, -0.2) is 4.79 Å². The molecule has 1 aliphatic rings. The number of nitrogens with zero attached hydrogens (tertiary/aromatic N) is 2. The Kier molecular flexibility index (Phi) is 3.59. The molecule has 0 fully saturated rings. The number of ether oxygens (including phenoxy) is 1. The second-order valence-corrected chi connectivity index (χ2v) is 5.44. The Hall–Kier alpha value is -2.75. The lowest BCUT2D eigenvalue weighted by atomic mass is 10.2. The predicted octanol–water partition coefficient (Wildman–Crippen LogP) is 0.827. The van der Waals surface area contributed by atoms with Gasteiger partial charge in [-0.05, 0) is 18.2 Å². The number of primary amides is 1. The monoisotopic (exact) mass is 321 g/mol. The van der Waals surface area contributed by atoms with Crippen LogP contribution in [0.25, 0.3) is 11.5 Å². The maximum Gasteiger partial charge on any atom is 0.405 e. The van der Waals surface area contributed by atoms with Gasteiger partial charge in [0.1, 0.15) is 0 Å². The van der Waals surface area contributed by atoms with Crippen molar-refractivity contribution in [3.8, 4) is 11.5 Å². The Balaban J connectivity index is 1.88. The maximum atomic E-state index is 12.0. The SMILES string of the molecule is NC(=O)O[C@H]1CSc2ccc(-c3nnc(N)o3)cc2NC1=O. The Morgan fingerprint density at radius 1 is 1.45 bits per heavy atom. The van der Waals surface area contributed by atoms with Crippen LogP contribution < -0.4 is 16.8 Å². The van der Waals surface area contributed by atoms with E-state index >= 15 is 0 Å². The molecular formula is C12H11N5O4S. The molecule has 0 radical (unpaired) electrons. The van der Waals surface area contributed by atoms with E-state index in [0.717, 1.165) is 4.90 Å². The molecule has 1 aromatic heterocycles. The molecule has 114 valence electrons. The third-order valence-corrected chi connectivity index (χ3v) is 4.00. The third kappa shape index (κ3) is 2.81. The molecular weight excluding hydrogens is 310 g/mol. The number of fused-ring (bicyclic) bond motifs is 1. The fraction of sp³-hybridized carbons (Fsp3) is 0.167. The number of rotatable bonds is 2. The third-order valence-electron chi connectivity index (χ3n) is 2.87. The van der Waals surface area contributed by atoms with Gasteiger partial charge in [0.05, 0.1) is 5.69 Å². The highest BCUT2D eigenvalue weighted by Gasteiger charge is 2.27. The Morgan fingerprint density at radius 3 is 2.95 bits per heavy atom. The summed E-state index contributed by atoms with van der Waals surface area (Å²) in [5, 5.41) is 10.0. The number of carbonyl (C=O) groups excluding carboxylic acids is 2. The number of nitrogens with one attached hydrogen (secondary N) is 1. The van der Waals surface area contributed by atoms with Crippen molar-refractivity contribution in [3.63, 3.8) is 0 Å². The van der Waals surface area contributed by atoms with Crippen molar-refractivity contribution in [1.29, 1.82) is 0 Å².